The third-order valence-corrected chi connectivity index (χ3v) is 4.53. The van der Waals surface area contributed by atoms with Gasteiger partial charge in [0.1, 0.15) is 0 Å². The number of aliphatic hydroxyl groups is 1. The van der Waals surface area contributed by atoms with Gasteiger partial charge in [-0.05, 0) is 31.0 Å². The molecule has 24 heavy (non-hydrogen) atoms. The zero-order valence-corrected chi connectivity index (χ0v) is 15.0. The lowest BCUT2D eigenvalue weighted by atomic mass is 9.95. The molecule has 2 rings (SSSR count). The number of carbonyl (C=O) groups is 2. The van der Waals surface area contributed by atoms with Crippen molar-refractivity contribution in [2.45, 2.75) is 46.8 Å². The number of nitrogens with zero attached hydrogens (tertiary/aromatic N) is 1. The van der Waals surface area contributed by atoms with Crippen LogP contribution >= 0.6 is 0 Å². The van der Waals surface area contributed by atoms with Crippen molar-refractivity contribution in [3.05, 3.63) is 35.4 Å². The van der Waals surface area contributed by atoms with Gasteiger partial charge >= 0.3 is 0 Å². The molecule has 2 N–H and O–H groups in total. The number of benzene rings is 1. The predicted octanol–water partition coefficient (Wildman–Crippen LogP) is 2.19. The number of rotatable bonds is 4. The van der Waals surface area contributed by atoms with Crippen molar-refractivity contribution in [1.29, 1.82) is 0 Å². The summed E-state index contributed by atoms with van der Waals surface area (Å²) >= 11 is 0. The van der Waals surface area contributed by atoms with E-state index < -0.39 is 5.41 Å². The molecule has 0 aromatic heterocycles. The Morgan fingerprint density at radius 2 is 1.92 bits per heavy atom. The summed E-state index contributed by atoms with van der Waals surface area (Å²) in [6.45, 7) is 9.16. The molecule has 1 aliphatic heterocycles. The molecule has 1 aliphatic rings. The highest BCUT2D eigenvalue weighted by Crippen LogP contribution is 2.21. The molecule has 0 spiro atoms. The summed E-state index contributed by atoms with van der Waals surface area (Å²) in [5.74, 6) is 0.174. The van der Waals surface area contributed by atoms with Gasteiger partial charge in [0.15, 0.2) is 0 Å². The number of likely N-dealkylation sites (tertiary alicyclic amines) is 1. The number of aliphatic hydroxyl groups excluding tert-OH is 1. The average molecular weight is 332 g/mol. The molecule has 0 radical (unpaired) electrons. The van der Waals surface area contributed by atoms with E-state index in [1.54, 1.807) is 24.0 Å². The Labute approximate surface area is 144 Å². The first-order chi connectivity index (χ1) is 11.2. The lowest BCUT2D eigenvalue weighted by Crippen LogP contribution is -2.34. The summed E-state index contributed by atoms with van der Waals surface area (Å²) in [4.78, 5) is 26.2. The van der Waals surface area contributed by atoms with Gasteiger partial charge in [-0.3, -0.25) is 9.59 Å². The molecule has 1 saturated heterocycles. The Bertz CT molecular complexity index is 588. The Morgan fingerprint density at radius 3 is 2.42 bits per heavy atom. The first-order valence-corrected chi connectivity index (χ1v) is 8.53. The van der Waals surface area contributed by atoms with Crippen molar-refractivity contribution in [1.82, 2.24) is 10.2 Å². The molecule has 0 aliphatic carbocycles. The van der Waals surface area contributed by atoms with E-state index in [1.807, 2.05) is 32.9 Å². The highest BCUT2D eigenvalue weighted by Gasteiger charge is 2.29. The average Bonchev–Trinajstić information content (AvgIpc) is 3.01. The van der Waals surface area contributed by atoms with Crippen LogP contribution in [0, 0.1) is 11.3 Å². The summed E-state index contributed by atoms with van der Waals surface area (Å²) < 4.78 is 0. The van der Waals surface area contributed by atoms with Crippen LogP contribution in [0.4, 0.5) is 0 Å². The van der Waals surface area contributed by atoms with Crippen LogP contribution in [0.5, 0.6) is 0 Å². The molecule has 5 heteroatoms. The largest absolute Gasteiger partial charge is 0.393 e. The van der Waals surface area contributed by atoms with Gasteiger partial charge in [0.25, 0.3) is 5.91 Å². The maximum Gasteiger partial charge on any atom is 0.253 e. The van der Waals surface area contributed by atoms with Crippen LogP contribution < -0.4 is 5.32 Å². The lowest BCUT2D eigenvalue weighted by Gasteiger charge is -2.19. The molecule has 0 bridgehead atoms. The third kappa shape index (κ3) is 4.57. The maximum atomic E-state index is 12.5. The SMILES string of the molecule is CC(O)C1CCN(C(=O)c2ccc(CNC(=O)C(C)(C)C)cc2)C1. The van der Waals surface area contributed by atoms with E-state index in [2.05, 4.69) is 5.32 Å². The van der Waals surface area contributed by atoms with E-state index in [1.165, 1.54) is 0 Å². The highest BCUT2D eigenvalue weighted by atomic mass is 16.3. The van der Waals surface area contributed by atoms with E-state index >= 15 is 0 Å². The van der Waals surface area contributed by atoms with Gasteiger partial charge in [-0.25, -0.2) is 0 Å². The van der Waals surface area contributed by atoms with E-state index in [9.17, 15) is 14.7 Å². The van der Waals surface area contributed by atoms with Crippen LogP contribution in [0.3, 0.4) is 0 Å². The topological polar surface area (TPSA) is 69.6 Å². The maximum absolute atomic E-state index is 12.5. The van der Waals surface area contributed by atoms with Gasteiger partial charge in [-0.15, -0.1) is 0 Å². The zero-order valence-electron chi connectivity index (χ0n) is 15.0. The quantitative estimate of drug-likeness (QED) is 0.888. The van der Waals surface area contributed by atoms with Gasteiger partial charge in [-0.2, -0.15) is 0 Å². The number of nitrogens with one attached hydrogen (secondary N) is 1. The molecule has 1 fully saturated rings. The minimum Gasteiger partial charge on any atom is -0.393 e. The summed E-state index contributed by atoms with van der Waals surface area (Å²) in [5, 5.41) is 12.5. The fourth-order valence-corrected chi connectivity index (χ4v) is 2.76. The second-order valence-corrected chi connectivity index (χ2v) is 7.67. The standard InChI is InChI=1S/C19H28N2O3/c1-13(22)16-9-10-21(12-16)17(23)15-7-5-14(6-8-15)11-20-18(24)19(2,3)4/h5-8,13,16,22H,9-12H2,1-4H3,(H,20,24). The Hall–Kier alpha value is -1.88. The van der Waals surface area contributed by atoms with Crippen molar-refractivity contribution in [3.63, 3.8) is 0 Å². The van der Waals surface area contributed by atoms with Crippen molar-refractivity contribution in [2.75, 3.05) is 13.1 Å². The first-order valence-electron chi connectivity index (χ1n) is 8.53. The monoisotopic (exact) mass is 332 g/mol. The van der Waals surface area contributed by atoms with E-state index in [4.69, 9.17) is 0 Å². The molecule has 1 aromatic carbocycles. The van der Waals surface area contributed by atoms with E-state index in [0.29, 0.717) is 25.2 Å². The first kappa shape index (κ1) is 18.5. The number of hydrogen-bond donors (Lipinski definition) is 2. The van der Waals surface area contributed by atoms with Gasteiger partial charge in [0, 0.05) is 36.5 Å². The Balaban J connectivity index is 1.92. The fourth-order valence-electron chi connectivity index (χ4n) is 2.76. The predicted molar refractivity (Wildman–Crippen MR) is 93.4 cm³/mol. The summed E-state index contributed by atoms with van der Waals surface area (Å²) in [6.07, 6.45) is 0.469. The number of carbonyl (C=O) groups excluding carboxylic acids is 2. The molecule has 2 unspecified atom stereocenters. The van der Waals surface area contributed by atoms with E-state index in [-0.39, 0.29) is 23.8 Å². The minimum atomic E-state index is -0.411. The fraction of sp³-hybridized carbons (Fsp3) is 0.579. The third-order valence-electron chi connectivity index (χ3n) is 4.53. The van der Waals surface area contributed by atoms with Gasteiger partial charge in [0.2, 0.25) is 5.91 Å². The second kappa shape index (κ2) is 7.34. The van der Waals surface area contributed by atoms with Crippen LogP contribution in [0.25, 0.3) is 0 Å². The molecule has 2 atom stereocenters. The second-order valence-electron chi connectivity index (χ2n) is 7.67. The minimum absolute atomic E-state index is 0.00317. The van der Waals surface area contributed by atoms with Crippen molar-refractivity contribution in [3.8, 4) is 0 Å². The van der Waals surface area contributed by atoms with Crippen LogP contribution in [0.2, 0.25) is 0 Å². The molecular formula is C19H28N2O3. The normalized spacial score (nSPS) is 19.2. The van der Waals surface area contributed by atoms with Crippen molar-refractivity contribution < 1.29 is 14.7 Å². The molecule has 1 heterocycles. The molecule has 132 valence electrons. The van der Waals surface area contributed by atoms with Crippen LogP contribution in [-0.2, 0) is 11.3 Å². The van der Waals surface area contributed by atoms with Gasteiger partial charge in [-0.1, -0.05) is 32.9 Å². The summed E-state index contributed by atoms with van der Waals surface area (Å²) in [5.41, 5.74) is 1.20. The Morgan fingerprint density at radius 1 is 1.29 bits per heavy atom. The smallest absolute Gasteiger partial charge is 0.253 e. The molecule has 2 amide bonds. The highest BCUT2D eigenvalue weighted by molar-refractivity contribution is 5.94. The lowest BCUT2D eigenvalue weighted by molar-refractivity contribution is -0.128. The number of hydrogen-bond acceptors (Lipinski definition) is 3. The van der Waals surface area contributed by atoms with Crippen LogP contribution in [-0.4, -0.2) is 41.0 Å². The molecular weight excluding hydrogens is 304 g/mol. The summed E-state index contributed by atoms with van der Waals surface area (Å²) in [7, 11) is 0. The molecule has 5 nitrogen and oxygen atoms in total. The Kier molecular flexibility index (Phi) is 5.65. The molecule has 1 aromatic rings. The zero-order chi connectivity index (χ0) is 17.9. The van der Waals surface area contributed by atoms with Gasteiger partial charge in [0.05, 0.1) is 6.10 Å². The van der Waals surface area contributed by atoms with E-state index in [0.717, 1.165) is 12.0 Å². The van der Waals surface area contributed by atoms with Gasteiger partial charge < -0.3 is 15.3 Å². The molecule has 0 saturated carbocycles. The van der Waals surface area contributed by atoms with Crippen molar-refractivity contribution in [2.24, 2.45) is 11.3 Å². The summed E-state index contributed by atoms with van der Waals surface area (Å²) in [6, 6.07) is 7.35. The number of amides is 2. The van der Waals surface area contributed by atoms with Crippen LogP contribution in [0.15, 0.2) is 24.3 Å². The van der Waals surface area contributed by atoms with Crippen LogP contribution in [0.1, 0.15) is 50.0 Å². The van der Waals surface area contributed by atoms with Crippen molar-refractivity contribution >= 4 is 11.8 Å².